The molecule has 0 atom stereocenters. The zero-order chi connectivity index (χ0) is 19.8. The Hall–Kier alpha value is -3.09. The predicted molar refractivity (Wildman–Crippen MR) is 102 cm³/mol. The van der Waals surface area contributed by atoms with E-state index in [1.165, 1.54) is 24.3 Å². The highest BCUT2D eigenvalue weighted by atomic mass is 16.6. The van der Waals surface area contributed by atoms with Crippen LogP contribution >= 0.6 is 0 Å². The number of methoxy groups -OCH3 is 1. The van der Waals surface area contributed by atoms with Gasteiger partial charge in [-0.25, -0.2) is 0 Å². The predicted octanol–water partition coefficient (Wildman–Crippen LogP) is 3.96. The molecule has 0 aliphatic rings. The Morgan fingerprint density at radius 1 is 1.19 bits per heavy atom. The molecule has 0 radical (unpaired) electrons. The molecule has 0 spiro atoms. The Bertz CT molecular complexity index is 805. The number of carbonyl (C=O) groups excluding carboxylic acids is 1. The molecule has 2 aromatic rings. The molecule has 0 unspecified atom stereocenters. The maximum atomic E-state index is 12.2. The molecular formula is C20H24N2O5. The molecule has 1 N–H and O–H groups in total. The number of non-ortho nitro benzene ring substituents is 1. The second-order valence-electron chi connectivity index (χ2n) is 6.51. The molecule has 27 heavy (non-hydrogen) atoms. The van der Waals surface area contributed by atoms with E-state index in [1.807, 2.05) is 12.1 Å². The van der Waals surface area contributed by atoms with Gasteiger partial charge in [0.05, 0.1) is 18.6 Å². The highest BCUT2D eigenvalue weighted by Crippen LogP contribution is 2.28. The van der Waals surface area contributed by atoms with Crippen LogP contribution in [0.25, 0.3) is 0 Å². The lowest BCUT2D eigenvalue weighted by Crippen LogP contribution is -2.22. The molecule has 0 aromatic heterocycles. The molecule has 7 nitrogen and oxygen atoms in total. The normalized spacial score (nSPS) is 10.5. The van der Waals surface area contributed by atoms with E-state index < -0.39 is 4.92 Å². The molecule has 0 heterocycles. The lowest BCUT2D eigenvalue weighted by atomic mass is 10.1. The van der Waals surface area contributed by atoms with Crippen molar-refractivity contribution in [3.63, 3.8) is 0 Å². The van der Waals surface area contributed by atoms with Gasteiger partial charge in [0.15, 0.2) is 11.5 Å². The summed E-state index contributed by atoms with van der Waals surface area (Å²) in [6, 6.07) is 11.1. The summed E-state index contributed by atoms with van der Waals surface area (Å²) >= 11 is 0. The van der Waals surface area contributed by atoms with Crippen LogP contribution in [0.1, 0.15) is 36.2 Å². The number of carbonyl (C=O) groups is 1. The van der Waals surface area contributed by atoms with Crippen molar-refractivity contribution in [1.29, 1.82) is 0 Å². The van der Waals surface area contributed by atoms with E-state index in [-0.39, 0.29) is 23.7 Å². The summed E-state index contributed by atoms with van der Waals surface area (Å²) in [5.74, 6) is 1.43. The maximum absolute atomic E-state index is 12.2. The van der Waals surface area contributed by atoms with Crippen LogP contribution in [0.3, 0.4) is 0 Å². The number of rotatable bonds is 9. The summed E-state index contributed by atoms with van der Waals surface area (Å²) in [5.41, 5.74) is 0.957. The van der Waals surface area contributed by atoms with Gasteiger partial charge < -0.3 is 14.8 Å². The van der Waals surface area contributed by atoms with Gasteiger partial charge in [-0.3, -0.25) is 14.9 Å². The molecule has 144 valence electrons. The van der Waals surface area contributed by atoms with Crippen molar-refractivity contribution in [3.8, 4) is 11.5 Å². The molecule has 0 aliphatic carbocycles. The molecule has 1 amide bonds. The molecule has 7 heteroatoms. The highest BCUT2D eigenvalue weighted by Gasteiger charge is 2.12. The van der Waals surface area contributed by atoms with Gasteiger partial charge in [-0.1, -0.05) is 26.0 Å². The Labute approximate surface area is 158 Å². The summed E-state index contributed by atoms with van der Waals surface area (Å²) in [6.07, 6.45) is 0.949. The van der Waals surface area contributed by atoms with Gasteiger partial charge in [0.1, 0.15) is 0 Å². The topological polar surface area (TPSA) is 90.7 Å². The van der Waals surface area contributed by atoms with Crippen LogP contribution in [0.5, 0.6) is 11.5 Å². The Kier molecular flexibility index (Phi) is 7.16. The van der Waals surface area contributed by atoms with E-state index in [2.05, 4.69) is 19.2 Å². The van der Waals surface area contributed by atoms with Crippen molar-refractivity contribution in [2.75, 3.05) is 13.7 Å². The van der Waals surface area contributed by atoms with Gasteiger partial charge in [0, 0.05) is 24.2 Å². The van der Waals surface area contributed by atoms with Gasteiger partial charge in [0.2, 0.25) is 0 Å². The van der Waals surface area contributed by atoms with Crippen molar-refractivity contribution < 1.29 is 19.2 Å². The van der Waals surface area contributed by atoms with Crippen molar-refractivity contribution in [3.05, 3.63) is 63.7 Å². The summed E-state index contributed by atoms with van der Waals surface area (Å²) in [6.45, 7) is 5.14. The maximum Gasteiger partial charge on any atom is 0.270 e. The monoisotopic (exact) mass is 372 g/mol. The molecular weight excluding hydrogens is 348 g/mol. The standard InChI is InChI=1S/C20H24N2O5/c1-14(2)9-10-27-18-8-7-15(11-19(18)26-3)13-21-20(23)16-5-4-6-17(12-16)22(24)25/h4-8,11-12,14H,9-10,13H2,1-3H3,(H,21,23). The summed E-state index contributed by atoms with van der Waals surface area (Å²) in [7, 11) is 1.57. The van der Waals surface area contributed by atoms with E-state index in [4.69, 9.17) is 9.47 Å². The van der Waals surface area contributed by atoms with Gasteiger partial charge in [-0.05, 0) is 36.1 Å². The third-order valence-electron chi connectivity index (χ3n) is 3.95. The van der Waals surface area contributed by atoms with Gasteiger partial charge >= 0.3 is 0 Å². The highest BCUT2D eigenvalue weighted by molar-refractivity contribution is 5.94. The van der Waals surface area contributed by atoms with Gasteiger partial charge in [-0.15, -0.1) is 0 Å². The van der Waals surface area contributed by atoms with E-state index >= 15 is 0 Å². The Balaban J connectivity index is 1.99. The third kappa shape index (κ3) is 5.99. The minimum absolute atomic E-state index is 0.118. The Morgan fingerprint density at radius 3 is 2.63 bits per heavy atom. The largest absolute Gasteiger partial charge is 0.493 e. The van der Waals surface area contributed by atoms with Crippen LogP contribution < -0.4 is 14.8 Å². The smallest absolute Gasteiger partial charge is 0.270 e. The average molecular weight is 372 g/mol. The van der Waals surface area contributed by atoms with Crippen LogP contribution in [0.15, 0.2) is 42.5 Å². The number of hydrogen-bond donors (Lipinski definition) is 1. The number of nitrogens with zero attached hydrogens (tertiary/aromatic N) is 1. The fraction of sp³-hybridized carbons (Fsp3) is 0.350. The summed E-state index contributed by atoms with van der Waals surface area (Å²) < 4.78 is 11.1. The number of ether oxygens (including phenoxy) is 2. The van der Waals surface area contributed by atoms with E-state index in [9.17, 15) is 14.9 Å². The fourth-order valence-electron chi connectivity index (χ4n) is 2.39. The minimum atomic E-state index is -0.528. The molecule has 2 aromatic carbocycles. The number of benzene rings is 2. The lowest BCUT2D eigenvalue weighted by Gasteiger charge is -2.13. The zero-order valence-electron chi connectivity index (χ0n) is 15.7. The average Bonchev–Trinajstić information content (AvgIpc) is 2.66. The van der Waals surface area contributed by atoms with Crippen LogP contribution in [0.4, 0.5) is 5.69 Å². The Morgan fingerprint density at radius 2 is 1.96 bits per heavy atom. The second-order valence-corrected chi connectivity index (χ2v) is 6.51. The zero-order valence-corrected chi connectivity index (χ0v) is 15.7. The van der Waals surface area contributed by atoms with Crippen molar-refractivity contribution in [2.45, 2.75) is 26.8 Å². The first-order valence-corrected chi connectivity index (χ1v) is 8.73. The first-order valence-electron chi connectivity index (χ1n) is 8.73. The number of amides is 1. The second kappa shape index (κ2) is 9.56. The fourth-order valence-corrected chi connectivity index (χ4v) is 2.39. The summed E-state index contributed by atoms with van der Waals surface area (Å²) in [5, 5.41) is 13.6. The molecule has 0 bridgehead atoms. The van der Waals surface area contributed by atoms with E-state index in [0.29, 0.717) is 24.0 Å². The first kappa shape index (κ1) is 20.2. The first-order chi connectivity index (χ1) is 12.9. The lowest BCUT2D eigenvalue weighted by molar-refractivity contribution is -0.384. The molecule has 2 rings (SSSR count). The van der Waals surface area contributed by atoms with Crippen LogP contribution in [0.2, 0.25) is 0 Å². The SMILES string of the molecule is COc1cc(CNC(=O)c2cccc([N+](=O)[O-])c2)ccc1OCCC(C)C. The quantitative estimate of drug-likeness (QED) is 0.531. The van der Waals surface area contributed by atoms with Crippen molar-refractivity contribution in [2.24, 2.45) is 5.92 Å². The number of hydrogen-bond acceptors (Lipinski definition) is 5. The van der Waals surface area contributed by atoms with Crippen LogP contribution in [0, 0.1) is 16.0 Å². The number of nitro benzene ring substituents is 1. The molecule has 0 saturated heterocycles. The minimum Gasteiger partial charge on any atom is -0.493 e. The molecule has 0 saturated carbocycles. The number of nitrogens with one attached hydrogen (secondary N) is 1. The van der Waals surface area contributed by atoms with Crippen molar-refractivity contribution >= 4 is 11.6 Å². The van der Waals surface area contributed by atoms with Gasteiger partial charge in [-0.2, -0.15) is 0 Å². The van der Waals surface area contributed by atoms with Crippen LogP contribution in [-0.2, 0) is 6.54 Å². The molecule has 0 aliphatic heterocycles. The van der Waals surface area contributed by atoms with E-state index in [0.717, 1.165) is 12.0 Å². The number of nitro groups is 1. The third-order valence-corrected chi connectivity index (χ3v) is 3.95. The van der Waals surface area contributed by atoms with E-state index in [1.54, 1.807) is 13.2 Å². The van der Waals surface area contributed by atoms with Crippen molar-refractivity contribution in [1.82, 2.24) is 5.32 Å². The summed E-state index contributed by atoms with van der Waals surface area (Å²) in [4.78, 5) is 22.5. The molecule has 0 fully saturated rings. The van der Waals surface area contributed by atoms with Crippen LogP contribution in [-0.4, -0.2) is 24.5 Å². The van der Waals surface area contributed by atoms with Gasteiger partial charge in [0.25, 0.3) is 11.6 Å².